The Hall–Kier alpha value is -1.59. The van der Waals surface area contributed by atoms with Gasteiger partial charge >= 0.3 is 5.97 Å². The van der Waals surface area contributed by atoms with E-state index in [4.69, 9.17) is 5.11 Å². The molecule has 0 spiro atoms. The van der Waals surface area contributed by atoms with Gasteiger partial charge in [-0.05, 0) is 49.1 Å². The number of thioether (sulfide) groups is 1. The minimum Gasteiger partial charge on any atom is -0.477 e. The quantitative estimate of drug-likeness (QED) is 0.868. The van der Waals surface area contributed by atoms with Crippen molar-refractivity contribution < 1.29 is 9.90 Å². The molecule has 0 aliphatic heterocycles. The molecule has 0 unspecified atom stereocenters. The zero-order valence-electron chi connectivity index (χ0n) is 10.6. The van der Waals surface area contributed by atoms with Gasteiger partial charge in [-0.15, -0.1) is 23.1 Å². The maximum absolute atomic E-state index is 11.0. The minimum atomic E-state index is -0.887. The summed E-state index contributed by atoms with van der Waals surface area (Å²) in [7, 11) is 0. The fourth-order valence-corrected chi connectivity index (χ4v) is 3.06. The molecule has 0 radical (unpaired) electrons. The lowest BCUT2D eigenvalue weighted by molar-refractivity contribution is -0.131. The second-order valence-electron chi connectivity index (χ2n) is 3.91. The second-order valence-corrected chi connectivity index (χ2v) is 5.87. The summed E-state index contributed by atoms with van der Waals surface area (Å²) in [5.41, 5.74) is 2.08. The molecule has 0 aliphatic carbocycles. The predicted octanol–water partition coefficient (Wildman–Crippen LogP) is 3.91. The van der Waals surface area contributed by atoms with Crippen molar-refractivity contribution in [1.29, 1.82) is 0 Å². The lowest BCUT2D eigenvalue weighted by atomic mass is 10.2. The first-order valence-corrected chi connectivity index (χ1v) is 7.66. The fourth-order valence-electron chi connectivity index (χ4n) is 1.62. The van der Waals surface area contributed by atoms with E-state index in [1.54, 1.807) is 29.9 Å². The summed E-state index contributed by atoms with van der Waals surface area (Å²) in [6.07, 6.45) is 5.25. The van der Waals surface area contributed by atoms with E-state index in [1.165, 1.54) is 11.8 Å². The first-order chi connectivity index (χ1) is 9.10. The van der Waals surface area contributed by atoms with Crippen LogP contribution in [0.5, 0.6) is 0 Å². The van der Waals surface area contributed by atoms with Gasteiger partial charge in [0.25, 0.3) is 0 Å². The lowest BCUT2D eigenvalue weighted by Gasteiger charge is -1.98. The van der Waals surface area contributed by atoms with Gasteiger partial charge < -0.3 is 5.11 Å². The SMILES string of the molecule is CS/C(=C/c1ccc(-c2ccnc(C)c2)s1)C(=O)O. The molecule has 2 heterocycles. The van der Waals surface area contributed by atoms with Crippen molar-refractivity contribution >= 4 is 35.1 Å². The molecule has 2 aromatic rings. The highest BCUT2D eigenvalue weighted by Gasteiger charge is 2.07. The molecular weight excluding hydrogens is 278 g/mol. The highest BCUT2D eigenvalue weighted by Crippen LogP contribution is 2.30. The molecule has 0 fully saturated rings. The average molecular weight is 291 g/mol. The van der Waals surface area contributed by atoms with Crippen LogP contribution in [-0.4, -0.2) is 22.3 Å². The van der Waals surface area contributed by atoms with Crippen molar-refractivity contribution in [3.05, 3.63) is 45.9 Å². The summed E-state index contributed by atoms with van der Waals surface area (Å²) in [6, 6.07) is 7.92. The van der Waals surface area contributed by atoms with E-state index in [-0.39, 0.29) is 0 Å². The predicted molar refractivity (Wildman–Crippen MR) is 81.4 cm³/mol. The molecule has 5 heteroatoms. The molecule has 0 atom stereocenters. The summed E-state index contributed by atoms with van der Waals surface area (Å²) in [4.78, 5) is 17.5. The van der Waals surface area contributed by atoms with Gasteiger partial charge in [-0.2, -0.15) is 0 Å². The number of carboxylic acids is 1. The van der Waals surface area contributed by atoms with E-state index < -0.39 is 5.97 Å². The Balaban J connectivity index is 2.31. The molecule has 0 bridgehead atoms. The van der Waals surface area contributed by atoms with E-state index in [9.17, 15) is 4.79 Å². The van der Waals surface area contributed by atoms with Crippen LogP contribution in [-0.2, 0) is 4.79 Å². The molecule has 2 aromatic heterocycles. The highest BCUT2D eigenvalue weighted by molar-refractivity contribution is 8.03. The van der Waals surface area contributed by atoms with Crippen LogP contribution in [0.1, 0.15) is 10.6 Å². The zero-order chi connectivity index (χ0) is 13.8. The maximum Gasteiger partial charge on any atom is 0.342 e. The van der Waals surface area contributed by atoms with E-state index in [2.05, 4.69) is 4.98 Å². The van der Waals surface area contributed by atoms with Crippen molar-refractivity contribution in [3.63, 3.8) is 0 Å². The second kappa shape index (κ2) is 6.04. The molecule has 3 nitrogen and oxygen atoms in total. The third-order valence-corrected chi connectivity index (χ3v) is 4.33. The Morgan fingerprint density at radius 2 is 2.21 bits per heavy atom. The van der Waals surface area contributed by atoms with E-state index in [1.807, 2.05) is 31.2 Å². The number of aliphatic carboxylic acids is 1. The first kappa shape index (κ1) is 13.8. The van der Waals surface area contributed by atoms with E-state index in [0.717, 1.165) is 21.0 Å². The number of nitrogens with zero attached hydrogens (tertiary/aromatic N) is 1. The maximum atomic E-state index is 11.0. The van der Waals surface area contributed by atoms with Crippen LogP contribution in [0.2, 0.25) is 0 Å². The van der Waals surface area contributed by atoms with E-state index in [0.29, 0.717) is 4.91 Å². The number of carbonyl (C=O) groups is 1. The number of hydrogen-bond acceptors (Lipinski definition) is 4. The van der Waals surface area contributed by atoms with Crippen LogP contribution in [0.3, 0.4) is 0 Å². The third-order valence-electron chi connectivity index (χ3n) is 2.51. The van der Waals surface area contributed by atoms with Gasteiger partial charge in [-0.25, -0.2) is 4.79 Å². The van der Waals surface area contributed by atoms with Crippen LogP contribution in [0.15, 0.2) is 35.4 Å². The fraction of sp³-hybridized carbons (Fsp3) is 0.143. The molecule has 0 saturated heterocycles. The topological polar surface area (TPSA) is 50.2 Å². The summed E-state index contributed by atoms with van der Waals surface area (Å²) >= 11 is 2.81. The third kappa shape index (κ3) is 3.45. The number of thiophene rings is 1. The molecule has 0 saturated carbocycles. The number of rotatable bonds is 4. The Morgan fingerprint density at radius 1 is 1.42 bits per heavy atom. The molecular formula is C14H13NO2S2. The molecule has 2 rings (SSSR count). The molecule has 0 aliphatic rings. The number of aromatic nitrogens is 1. The van der Waals surface area contributed by atoms with Gasteiger partial charge in [0.1, 0.15) is 0 Å². The normalized spacial score (nSPS) is 11.6. The molecule has 98 valence electrons. The molecule has 19 heavy (non-hydrogen) atoms. The number of pyridine rings is 1. The minimum absolute atomic E-state index is 0.347. The molecule has 0 amide bonds. The molecule has 1 N–H and O–H groups in total. The Labute approximate surface area is 120 Å². The molecule has 0 aromatic carbocycles. The summed E-state index contributed by atoms with van der Waals surface area (Å²) < 4.78 is 0. The van der Waals surface area contributed by atoms with Gasteiger partial charge in [-0.1, -0.05) is 0 Å². The van der Waals surface area contributed by atoms with Gasteiger partial charge in [-0.3, -0.25) is 4.98 Å². The highest BCUT2D eigenvalue weighted by atomic mass is 32.2. The monoisotopic (exact) mass is 291 g/mol. The van der Waals surface area contributed by atoms with Gasteiger partial charge in [0, 0.05) is 21.6 Å². The standard InChI is InChI=1S/C14H13NO2S2/c1-9-7-10(5-6-15-9)12-4-3-11(19-12)8-13(18-2)14(16)17/h3-8H,1-2H3,(H,16,17)/b13-8+. The Bertz CT molecular complexity index is 632. The van der Waals surface area contributed by atoms with Crippen molar-refractivity contribution in [3.8, 4) is 10.4 Å². The van der Waals surface area contributed by atoms with Gasteiger partial charge in [0.15, 0.2) is 0 Å². The largest absolute Gasteiger partial charge is 0.477 e. The zero-order valence-corrected chi connectivity index (χ0v) is 12.2. The van der Waals surface area contributed by atoms with Crippen molar-refractivity contribution in [2.24, 2.45) is 0 Å². The van der Waals surface area contributed by atoms with Crippen LogP contribution >= 0.6 is 23.1 Å². The average Bonchev–Trinajstić information content (AvgIpc) is 2.84. The number of aryl methyl sites for hydroxylation is 1. The summed E-state index contributed by atoms with van der Waals surface area (Å²) in [5, 5.41) is 9.00. The van der Waals surface area contributed by atoms with Gasteiger partial charge in [0.05, 0.1) is 4.91 Å². The van der Waals surface area contributed by atoms with Crippen LogP contribution in [0.4, 0.5) is 0 Å². The van der Waals surface area contributed by atoms with Crippen molar-refractivity contribution in [2.75, 3.05) is 6.26 Å². The van der Waals surface area contributed by atoms with Crippen LogP contribution in [0, 0.1) is 6.92 Å². The van der Waals surface area contributed by atoms with E-state index >= 15 is 0 Å². The van der Waals surface area contributed by atoms with Crippen LogP contribution < -0.4 is 0 Å². The van der Waals surface area contributed by atoms with Gasteiger partial charge in [0.2, 0.25) is 0 Å². The van der Waals surface area contributed by atoms with Crippen molar-refractivity contribution in [2.45, 2.75) is 6.92 Å². The first-order valence-electron chi connectivity index (χ1n) is 5.62. The summed E-state index contributed by atoms with van der Waals surface area (Å²) in [5.74, 6) is -0.887. The Morgan fingerprint density at radius 3 is 2.84 bits per heavy atom. The smallest absolute Gasteiger partial charge is 0.342 e. The lowest BCUT2D eigenvalue weighted by Crippen LogP contribution is -1.94. The summed E-state index contributed by atoms with van der Waals surface area (Å²) in [6.45, 7) is 1.95. The number of carboxylic acid groups (broad SMARTS) is 1. The van der Waals surface area contributed by atoms with Crippen LogP contribution in [0.25, 0.3) is 16.5 Å². The number of hydrogen-bond donors (Lipinski definition) is 1. The van der Waals surface area contributed by atoms with Crippen molar-refractivity contribution in [1.82, 2.24) is 4.98 Å². The Kier molecular flexibility index (Phi) is 4.39.